The molecule has 2 heteroatoms. The molecule has 0 aliphatic heterocycles. The fraction of sp³-hybridized carbons (Fsp3) is 0.179. The predicted octanol–water partition coefficient (Wildman–Crippen LogP) is 7.06. The van der Waals surface area contributed by atoms with Gasteiger partial charge in [-0.05, 0) is 75.9 Å². The highest BCUT2D eigenvalue weighted by molar-refractivity contribution is 5.89. The first-order valence-electron chi connectivity index (χ1n) is 10.3. The van der Waals surface area contributed by atoms with Gasteiger partial charge in [-0.25, -0.2) is 4.79 Å². The van der Waals surface area contributed by atoms with E-state index in [4.69, 9.17) is 5.11 Å². The molecule has 0 aromatic heterocycles. The Hall–Kier alpha value is -3.39. The van der Waals surface area contributed by atoms with Crippen LogP contribution in [0.5, 0.6) is 0 Å². The van der Waals surface area contributed by atoms with Crippen LogP contribution in [0.2, 0.25) is 0 Å². The number of hydrogen-bond acceptors (Lipinski definition) is 1. The fourth-order valence-electron chi connectivity index (χ4n) is 4.13. The third-order valence-electron chi connectivity index (χ3n) is 5.94. The molecule has 0 heterocycles. The van der Waals surface area contributed by atoms with Crippen molar-refractivity contribution in [1.29, 1.82) is 0 Å². The number of benzene rings is 3. The Bertz CT molecular complexity index is 1150. The van der Waals surface area contributed by atoms with Crippen LogP contribution in [0.15, 0.2) is 78.9 Å². The van der Waals surface area contributed by atoms with E-state index in [1.165, 1.54) is 27.8 Å². The minimum Gasteiger partial charge on any atom is -0.478 e. The zero-order valence-corrected chi connectivity index (χ0v) is 17.6. The lowest BCUT2D eigenvalue weighted by Crippen LogP contribution is -2.22. The zero-order chi connectivity index (χ0) is 21.3. The molecular weight excluding hydrogens is 368 g/mol. The highest BCUT2D eigenvalue weighted by Gasteiger charge is 2.28. The van der Waals surface area contributed by atoms with E-state index < -0.39 is 5.97 Å². The molecule has 0 saturated heterocycles. The Morgan fingerprint density at radius 2 is 1.60 bits per heavy atom. The summed E-state index contributed by atoms with van der Waals surface area (Å²) in [6, 6.07) is 24.3. The number of carboxylic acid groups (broad SMARTS) is 1. The van der Waals surface area contributed by atoms with Crippen LogP contribution in [-0.2, 0) is 5.41 Å². The quantitative estimate of drug-likeness (QED) is 0.481. The number of hydrogen-bond donors (Lipinski definition) is 1. The van der Waals surface area contributed by atoms with Gasteiger partial charge in [-0.15, -0.1) is 0 Å². The Balaban J connectivity index is 1.75. The maximum Gasteiger partial charge on any atom is 0.335 e. The number of allylic oxidation sites excluding steroid dienone is 2. The average molecular weight is 395 g/mol. The van der Waals surface area contributed by atoms with Gasteiger partial charge in [-0.1, -0.05) is 80.6 Å². The Labute approximate surface area is 178 Å². The smallest absolute Gasteiger partial charge is 0.335 e. The van der Waals surface area contributed by atoms with Gasteiger partial charge in [-0.2, -0.15) is 0 Å². The zero-order valence-electron chi connectivity index (χ0n) is 17.6. The first-order valence-corrected chi connectivity index (χ1v) is 10.3. The molecule has 0 bridgehead atoms. The summed E-state index contributed by atoms with van der Waals surface area (Å²) in [7, 11) is 0. The second kappa shape index (κ2) is 7.79. The second-order valence-electron chi connectivity index (χ2n) is 8.59. The van der Waals surface area contributed by atoms with Gasteiger partial charge in [-0.3, -0.25) is 0 Å². The molecule has 1 N–H and O–H groups in total. The highest BCUT2D eigenvalue weighted by Crippen LogP contribution is 2.42. The van der Waals surface area contributed by atoms with Crippen molar-refractivity contribution >= 4 is 23.2 Å². The highest BCUT2D eigenvalue weighted by atomic mass is 16.4. The molecule has 1 aliphatic rings. The van der Waals surface area contributed by atoms with Gasteiger partial charge in [0, 0.05) is 0 Å². The summed E-state index contributed by atoms with van der Waals surface area (Å²) in [5, 5.41) is 9.09. The summed E-state index contributed by atoms with van der Waals surface area (Å²) in [5.74, 6) is -0.903. The topological polar surface area (TPSA) is 37.3 Å². The third-order valence-corrected chi connectivity index (χ3v) is 5.94. The SMILES string of the molecule is C/C(=C\c1ccc(C(=O)O)cc1)c1ccc2c(c1)C(c1ccccc1)=CCC2(C)C. The van der Waals surface area contributed by atoms with E-state index in [0.717, 1.165) is 17.6 Å². The van der Waals surface area contributed by atoms with Crippen molar-refractivity contribution < 1.29 is 9.90 Å². The van der Waals surface area contributed by atoms with Gasteiger partial charge in [0.25, 0.3) is 0 Å². The fourth-order valence-corrected chi connectivity index (χ4v) is 4.13. The van der Waals surface area contributed by atoms with Crippen molar-refractivity contribution in [3.05, 3.63) is 112 Å². The number of carbonyl (C=O) groups is 1. The van der Waals surface area contributed by atoms with E-state index in [0.29, 0.717) is 5.56 Å². The van der Waals surface area contributed by atoms with Crippen molar-refractivity contribution in [3.63, 3.8) is 0 Å². The number of fused-ring (bicyclic) bond motifs is 1. The van der Waals surface area contributed by atoms with E-state index in [9.17, 15) is 4.79 Å². The molecular formula is C28H26O2. The molecule has 0 amide bonds. The van der Waals surface area contributed by atoms with E-state index in [1.54, 1.807) is 12.1 Å². The van der Waals surface area contributed by atoms with Crippen LogP contribution >= 0.6 is 0 Å². The Morgan fingerprint density at radius 1 is 0.933 bits per heavy atom. The predicted molar refractivity (Wildman–Crippen MR) is 125 cm³/mol. The van der Waals surface area contributed by atoms with Gasteiger partial charge >= 0.3 is 5.97 Å². The second-order valence-corrected chi connectivity index (χ2v) is 8.59. The minimum atomic E-state index is -0.903. The van der Waals surface area contributed by atoms with Crippen LogP contribution in [0.4, 0.5) is 0 Å². The Kier molecular flexibility index (Phi) is 5.17. The van der Waals surface area contributed by atoms with Crippen molar-refractivity contribution in [2.45, 2.75) is 32.6 Å². The molecule has 0 unspecified atom stereocenters. The summed E-state index contributed by atoms with van der Waals surface area (Å²) >= 11 is 0. The number of aromatic carboxylic acids is 1. The molecule has 4 rings (SSSR count). The standard InChI is InChI=1S/C28H26O2/c1-19(17-20-9-11-22(12-10-20)27(29)30)23-13-14-26-25(18-23)24(15-16-28(26,2)3)21-7-5-4-6-8-21/h4-15,17-18H,16H2,1-3H3,(H,29,30)/b19-17+. The molecule has 0 saturated carbocycles. The lowest BCUT2D eigenvalue weighted by Gasteiger charge is -2.32. The molecule has 0 fully saturated rings. The summed E-state index contributed by atoms with van der Waals surface area (Å²) in [4.78, 5) is 11.1. The lowest BCUT2D eigenvalue weighted by atomic mass is 9.71. The summed E-state index contributed by atoms with van der Waals surface area (Å²) < 4.78 is 0. The largest absolute Gasteiger partial charge is 0.478 e. The Morgan fingerprint density at radius 3 is 2.27 bits per heavy atom. The molecule has 150 valence electrons. The molecule has 0 spiro atoms. The van der Waals surface area contributed by atoms with Gasteiger partial charge < -0.3 is 5.11 Å². The van der Waals surface area contributed by atoms with Crippen LogP contribution in [0.1, 0.15) is 65.4 Å². The van der Waals surface area contributed by atoms with Crippen molar-refractivity contribution in [2.75, 3.05) is 0 Å². The number of rotatable bonds is 4. The average Bonchev–Trinajstić information content (AvgIpc) is 2.74. The maximum absolute atomic E-state index is 11.1. The molecule has 0 atom stereocenters. The normalized spacial score (nSPS) is 15.3. The van der Waals surface area contributed by atoms with Gasteiger partial charge in [0.15, 0.2) is 0 Å². The molecule has 3 aromatic rings. The minimum absolute atomic E-state index is 0.108. The van der Waals surface area contributed by atoms with E-state index in [-0.39, 0.29) is 5.41 Å². The van der Waals surface area contributed by atoms with Gasteiger partial charge in [0.05, 0.1) is 5.56 Å². The number of carboxylic acids is 1. The van der Waals surface area contributed by atoms with Gasteiger partial charge in [0.2, 0.25) is 0 Å². The molecule has 3 aromatic carbocycles. The van der Waals surface area contributed by atoms with Crippen LogP contribution in [0, 0.1) is 0 Å². The van der Waals surface area contributed by atoms with Crippen molar-refractivity contribution in [2.24, 2.45) is 0 Å². The van der Waals surface area contributed by atoms with Gasteiger partial charge in [0.1, 0.15) is 0 Å². The summed E-state index contributed by atoms with van der Waals surface area (Å²) in [6.45, 7) is 6.71. The summed E-state index contributed by atoms with van der Waals surface area (Å²) in [5.41, 5.74) is 8.95. The first kappa shape index (κ1) is 19.9. The molecule has 0 radical (unpaired) electrons. The monoisotopic (exact) mass is 394 g/mol. The summed E-state index contributed by atoms with van der Waals surface area (Å²) in [6.07, 6.45) is 5.49. The van der Waals surface area contributed by atoms with E-state index in [1.807, 2.05) is 12.1 Å². The maximum atomic E-state index is 11.1. The van der Waals surface area contributed by atoms with E-state index >= 15 is 0 Å². The van der Waals surface area contributed by atoms with Crippen LogP contribution in [0.3, 0.4) is 0 Å². The lowest BCUT2D eigenvalue weighted by molar-refractivity contribution is 0.0697. The first-order chi connectivity index (χ1) is 14.3. The van der Waals surface area contributed by atoms with Crippen LogP contribution < -0.4 is 0 Å². The van der Waals surface area contributed by atoms with Crippen LogP contribution in [-0.4, -0.2) is 11.1 Å². The third kappa shape index (κ3) is 3.86. The van der Waals surface area contributed by atoms with E-state index in [2.05, 4.69) is 81.5 Å². The molecule has 30 heavy (non-hydrogen) atoms. The molecule has 1 aliphatic carbocycles. The van der Waals surface area contributed by atoms with Crippen molar-refractivity contribution in [3.8, 4) is 0 Å². The van der Waals surface area contributed by atoms with Crippen LogP contribution in [0.25, 0.3) is 17.2 Å². The van der Waals surface area contributed by atoms with Crippen molar-refractivity contribution in [1.82, 2.24) is 0 Å². The molecule has 2 nitrogen and oxygen atoms in total.